The molecule has 0 aliphatic carbocycles. The summed E-state index contributed by atoms with van der Waals surface area (Å²) in [6, 6.07) is 5.48. The molecule has 0 bridgehead atoms. The van der Waals surface area contributed by atoms with Crippen LogP contribution in [0.1, 0.15) is 18.4 Å². The lowest BCUT2D eigenvalue weighted by molar-refractivity contribution is 0.158. The van der Waals surface area contributed by atoms with Crippen LogP contribution in [-0.2, 0) is 0 Å². The van der Waals surface area contributed by atoms with Crippen LogP contribution in [0, 0.1) is 12.7 Å². The number of piperidine rings is 1. The van der Waals surface area contributed by atoms with E-state index >= 15 is 0 Å². The molecule has 1 heterocycles. The van der Waals surface area contributed by atoms with E-state index in [0.717, 1.165) is 18.4 Å². The molecule has 4 nitrogen and oxygen atoms in total. The minimum atomic E-state index is -0.211. The minimum absolute atomic E-state index is 0.0463. The highest BCUT2D eigenvalue weighted by Crippen LogP contribution is 2.20. The van der Waals surface area contributed by atoms with Crippen LogP contribution in [0.3, 0.4) is 0 Å². The van der Waals surface area contributed by atoms with E-state index in [1.807, 2.05) is 17.9 Å². The topological polar surface area (TPSA) is 35.6 Å². The first-order valence-corrected chi connectivity index (χ1v) is 6.96. The number of hydrogen-bond acceptors (Lipinski definition) is 2. The predicted molar refractivity (Wildman–Crippen MR) is 78.4 cm³/mol. The molecule has 1 fully saturated rings. The molecule has 2 rings (SSSR count). The molecule has 1 aliphatic rings. The van der Waals surface area contributed by atoms with Gasteiger partial charge in [-0.05, 0) is 37.5 Å². The van der Waals surface area contributed by atoms with Crippen molar-refractivity contribution in [3.63, 3.8) is 0 Å². The highest BCUT2D eigenvalue weighted by atomic mass is 19.1. The lowest BCUT2D eigenvalue weighted by atomic mass is 10.0. The average molecular weight is 279 g/mol. The van der Waals surface area contributed by atoms with Crippen LogP contribution in [-0.4, -0.2) is 49.1 Å². The van der Waals surface area contributed by atoms with Crippen LogP contribution in [0.25, 0.3) is 0 Å². The second kappa shape index (κ2) is 6.11. The molecule has 1 aromatic carbocycles. The standard InChI is InChI=1S/C15H22FN3O/c1-11-4-5-14(13(16)10-11)17-12-6-8-19(9-7-12)15(20)18(2)3/h4-5,10,12,17H,6-9H2,1-3H3. The summed E-state index contributed by atoms with van der Waals surface area (Å²) in [4.78, 5) is 15.3. The number of amides is 2. The number of rotatable bonds is 2. The van der Waals surface area contributed by atoms with Crippen LogP contribution in [0.4, 0.5) is 14.9 Å². The van der Waals surface area contributed by atoms with Gasteiger partial charge in [-0.1, -0.05) is 6.07 Å². The number of aryl methyl sites for hydroxylation is 1. The van der Waals surface area contributed by atoms with E-state index in [9.17, 15) is 9.18 Å². The van der Waals surface area contributed by atoms with Gasteiger partial charge in [-0.3, -0.25) is 0 Å². The Kier molecular flexibility index (Phi) is 4.47. The number of benzene rings is 1. The molecule has 2 amide bonds. The summed E-state index contributed by atoms with van der Waals surface area (Å²) in [7, 11) is 3.52. The van der Waals surface area contributed by atoms with E-state index < -0.39 is 0 Å². The second-order valence-corrected chi connectivity index (χ2v) is 5.57. The third kappa shape index (κ3) is 3.40. The molecule has 20 heavy (non-hydrogen) atoms. The Hall–Kier alpha value is -1.78. The molecule has 5 heteroatoms. The summed E-state index contributed by atoms with van der Waals surface area (Å²) in [5.74, 6) is -0.211. The monoisotopic (exact) mass is 279 g/mol. The summed E-state index contributed by atoms with van der Waals surface area (Å²) in [6.07, 6.45) is 1.68. The van der Waals surface area contributed by atoms with Crippen molar-refractivity contribution in [2.24, 2.45) is 0 Å². The lowest BCUT2D eigenvalue weighted by Crippen LogP contribution is -2.46. The molecule has 0 unspecified atom stereocenters. The predicted octanol–water partition coefficient (Wildman–Crippen LogP) is 2.69. The van der Waals surface area contributed by atoms with Gasteiger partial charge in [-0.15, -0.1) is 0 Å². The van der Waals surface area contributed by atoms with Gasteiger partial charge >= 0.3 is 6.03 Å². The Morgan fingerprint density at radius 1 is 1.35 bits per heavy atom. The Balaban J connectivity index is 1.90. The van der Waals surface area contributed by atoms with Crippen LogP contribution in [0.2, 0.25) is 0 Å². The maximum atomic E-state index is 13.8. The minimum Gasteiger partial charge on any atom is -0.380 e. The first-order chi connectivity index (χ1) is 9.47. The Labute approximate surface area is 119 Å². The summed E-state index contributed by atoms with van der Waals surface area (Å²) >= 11 is 0. The lowest BCUT2D eigenvalue weighted by Gasteiger charge is -2.34. The third-order valence-corrected chi connectivity index (χ3v) is 3.63. The molecular weight excluding hydrogens is 257 g/mol. The SMILES string of the molecule is Cc1ccc(NC2CCN(C(=O)N(C)C)CC2)c(F)c1. The zero-order chi connectivity index (χ0) is 14.7. The van der Waals surface area contributed by atoms with Gasteiger partial charge in [0, 0.05) is 33.2 Å². The van der Waals surface area contributed by atoms with E-state index in [4.69, 9.17) is 0 Å². The number of urea groups is 1. The molecule has 0 aromatic heterocycles. The largest absolute Gasteiger partial charge is 0.380 e. The van der Waals surface area contributed by atoms with Crippen molar-refractivity contribution in [3.05, 3.63) is 29.6 Å². The number of nitrogens with one attached hydrogen (secondary N) is 1. The summed E-state index contributed by atoms with van der Waals surface area (Å²) in [6.45, 7) is 3.29. The van der Waals surface area contributed by atoms with Crippen molar-refractivity contribution in [2.45, 2.75) is 25.8 Å². The van der Waals surface area contributed by atoms with Crippen molar-refractivity contribution >= 4 is 11.7 Å². The van der Waals surface area contributed by atoms with Crippen molar-refractivity contribution in [1.29, 1.82) is 0 Å². The summed E-state index contributed by atoms with van der Waals surface area (Å²) in [5.41, 5.74) is 1.47. The van der Waals surface area contributed by atoms with Crippen molar-refractivity contribution in [3.8, 4) is 0 Å². The number of carbonyl (C=O) groups excluding carboxylic acids is 1. The van der Waals surface area contributed by atoms with E-state index in [1.165, 1.54) is 6.07 Å². The fourth-order valence-corrected chi connectivity index (χ4v) is 2.46. The molecular formula is C15H22FN3O. The van der Waals surface area contributed by atoms with E-state index in [2.05, 4.69) is 5.32 Å². The zero-order valence-corrected chi connectivity index (χ0v) is 12.3. The normalized spacial score (nSPS) is 16.1. The van der Waals surface area contributed by atoms with Gasteiger partial charge in [0.15, 0.2) is 0 Å². The first-order valence-electron chi connectivity index (χ1n) is 6.96. The molecule has 1 aromatic rings. The number of hydrogen-bond donors (Lipinski definition) is 1. The van der Waals surface area contributed by atoms with Crippen LogP contribution >= 0.6 is 0 Å². The third-order valence-electron chi connectivity index (χ3n) is 3.63. The molecule has 0 radical (unpaired) electrons. The maximum Gasteiger partial charge on any atom is 0.319 e. The van der Waals surface area contributed by atoms with Gasteiger partial charge in [0.2, 0.25) is 0 Å². The van der Waals surface area contributed by atoms with Crippen LogP contribution in [0.15, 0.2) is 18.2 Å². The summed E-state index contributed by atoms with van der Waals surface area (Å²) < 4.78 is 13.8. The van der Waals surface area contributed by atoms with Gasteiger partial charge in [-0.25, -0.2) is 9.18 Å². The summed E-state index contributed by atoms with van der Waals surface area (Å²) in [5, 5.41) is 3.24. The Morgan fingerprint density at radius 3 is 2.55 bits per heavy atom. The molecule has 1 aliphatic heterocycles. The molecule has 110 valence electrons. The molecule has 0 saturated carbocycles. The van der Waals surface area contributed by atoms with Gasteiger partial charge < -0.3 is 15.1 Å². The smallest absolute Gasteiger partial charge is 0.319 e. The Morgan fingerprint density at radius 2 is 2.00 bits per heavy atom. The van der Waals surface area contributed by atoms with Gasteiger partial charge in [-0.2, -0.15) is 0 Å². The molecule has 1 saturated heterocycles. The van der Waals surface area contributed by atoms with Crippen LogP contribution < -0.4 is 5.32 Å². The number of nitrogens with zero attached hydrogens (tertiary/aromatic N) is 2. The van der Waals surface area contributed by atoms with Crippen molar-refractivity contribution in [2.75, 3.05) is 32.5 Å². The fraction of sp³-hybridized carbons (Fsp3) is 0.533. The Bertz CT molecular complexity index is 482. The van der Waals surface area contributed by atoms with Crippen molar-refractivity contribution in [1.82, 2.24) is 9.80 Å². The quantitative estimate of drug-likeness (QED) is 0.903. The van der Waals surface area contributed by atoms with E-state index in [0.29, 0.717) is 18.8 Å². The molecule has 0 atom stereocenters. The van der Waals surface area contributed by atoms with E-state index in [-0.39, 0.29) is 17.9 Å². The number of halogens is 1. The molecule has 0 spiro atoms. The van der Waals surface area contributed by atoms with E-state index in [1.54, 1.807) is 25.1 Å². The molecule has 1 N–H and O–H groups in total. The van der Waals surface area contributed by atoms with Gasteiger partial charge in [0.1, 0.15) is 5.82 Å². The van der Waals surface area contributed by atoms with Gasteiger partial charge in [0.05, 0.1) is 5.69 Å². The number of likely N-dealkylation sites (tertiary alicyclic amines) is 1. The highest BCUT2D eigenvalue weighted by Gasteiger charge is 2.24. The maximum absolute atomic E-state index is 13.8. The zero-order valence-electron chi connectivity index (χ0n) is 12.3. The highest BCUT2D eigenvalue weighted by molar-refractivity contribution is 5.73. The second-order valence-electron chi connectivity index (χ2n) is 5.57. The average Bonchev–Trinajstić information content (AvgIpc) is 2.42. The number of anilines is 1. The first kappa shape index (κ1) is 14.6. The van der Waals surface area contributed by atoms with Crippen LogP contribution in [0.5, 0.6) is 0 Å². The fourth-order valence-electron chi connectivity index (χ4n) is 2.46. The number of carbonyl (C=O) groups is 1. The van der Waals surface area contributed by atoms with Gasteiger partial charge in [0.25, 0.3) is 0 Å². The van der Waals surface area contributed by atoms with Crippen molar-refractivity contribution < 1.29 is 9.18 Å².